The molecule has 0 aliphatic rings. The van der Waals surface area contributed by atoms with Crippen LogP contribution in [0.5, 0.6) is 0 Å². The molecule has 7 N–H and O–H groups in total. The van der Waals surface area contributed by atoms with Gasteiger partial charge in [-0.3, -0.25) is 9.59 Å². The van der Waals surface area contributed by atoms with Crippen molar-refractivity contribution in [3.05, 3.63) is 0 Å². The first-order valence-electron chi connectivity index (χ1n) is 9.97. The van der Waals surface area contributed by atoms with Gasteiger partial charge in [0.05, 0.1) is 33.0 Å². The molecule has 0 heterocycles. The third kappa shape index (κ3) is 22.9. The van der Waals surface area contributed by atoms with Crippen molar-refractivity contribution in [2.75, 3.05) is 33.0 Å². The maximum atomic E-state index is 10.1. The summed E-state index contributed by atoms with van der Waals surface area (Å²) in [6.07, 6.45) is 5.12. The van der Waals surface area contributed by atoms with E-state index in [-0.39, 0.29) is 51.3 Å². The lowest BCUT2D eigenvalue weighted by Gasteiger charge is -2.24. The molecule has 0 aliphatic heterocycles. The number of aliphatic hydroxyl groups excluding tert-OH is 5. The second-order valence-electron chi connectivity index (χ2n) is 7.86. The number of unbranched alkanes of at least 4 members (excludes halogenated alkanes) is 4. The van der Waals surface area contributed by atoms with Gasteiger partial charge in [0.1, 0.15) is 0 Å². The van der Waals surface area contributed by atoms with Gasteiger partial charge >= 0.3 is 11.9 Å². The average Bonchev–Trinajstić information content (AvgIpc) is 2.70. The first kappa shape index (κ1) is 32.4. The van der Waals surface area contributed by atoms with Gasteiger partial charge in [0.25, 0.3) is 0 Å². The lowest BCUT2D eigenvalue weighted by atomic mass is 9.88. The second-order valence-corrected chi connectivity index (χ2v) is 7.86. The molecule has 0 radical (unpaired) electrons. The summed E-state index contributed by atoms with van der Waals surface area (Å²) in [6, 6.07) is 0. The van der Waals surface area contributed by atoms with Gasteiger partial charge in [-0.15, -0.1) is 0 Å². The topological polar surface area (TPSA) is 176 Å². The molecule has 29 heavy (non-hydrogen) atoms. The summed E-state index contributed by atoms with van der Waals surface area (Å²) in [5.74, 6) is -1.52. The number of carboxylic acid groups (broad SMARTS) is 2. The van der Waals surface area contributed by atoms with Gasteiger partial charge in [0.15, 0.2) is 0 Å². The van der Waals surface area contributed by atoms with Gasteiger partial charge < -0.3 is 35.7 Å². The molecule has 0 atom stereocenters. The molecule has 0 saturated carbocycles. The Hall–Kier alpha value is -1.26. The van der Waals surface area contributed by atoms with Crippen molar-refractivity contribution in [3.8, 4) is 0 Å². The molecule has 176 valence electrons. The minimum absolute atomic E-state index is 0.0451. The lowest BCUT2D eigenvalue weighted by Crippen LogP contribution is -2.32. The van der Waals surface area contributed by atoms with Crippen LogP contribution in [0.4, 0.5) is 0 Å². The third-order valence-corrected chi connectivity index (χ3v) is 4.39. The van der Waals surface area contributed by atoms with E-state index >= 15 is 0 Å². The highest BCUT2D eigenvalue weighted by Crippen LogP contribution is 2.18. The summed E-state index contributed by atoms with van der Waals surface area (Å²) in [5.41, 5.74) is -0.972. The largest absolute Gasteiger partial charge is 0.481 e. The molecular weight excluding hydrogens is 384 g/mol. The predicted molar refractivity (Wildman–Crippen MR) is 110 cm³/mol. The second kappa shape index (κ2) is 20.0. The molecule has 0 spiro atoms. The Bertz CT molecular complexity index is 352. The molecule has 0 bridgehead atoms. The molecule has 0 aromatic carbocycles. The number of aliphatic hydroxyl groups is 5. The maximum Gasteiger partial charge on any atom is 0.303 e. The summed E-state index contributed by atoms with van der Waals surface area (Å²) in [4.78, 5) is 20.2. The molecule has 0 aliphatic carbocycles. The standard InChI is InChI=1S/C9H16O4.C6H14O3.C5H12O2/c10-8(11)6-4-2-1-3-5-7-9(12)13;1-2-6(3-7,4-8)5-9;1-5(2,3-6)4-7/h1-7H2,(H,10,11)(H,12,13);7-9H,2-5H2,1H3;6-7H,3-4H2,1-2H3. The molecule has 0 saturated heterocycles. The number of hydrogen-bond acceptors (Lipinski definition) is 7. The van der Waals surface area contributed by atoms with Crippen molar-refractivity contribution in [3.63, 3.8) is 0 Å². The highest BCUT2D eigenvalue weighted by Gasteiger charge is 2.24. The fraction of sp³-hybridized carbons (Fsp3) is 0.900. The van der Waals surface area contributed by atoms with E-state index in [9.17, 15) is 9.59 Å². The Morgan fingerprint density at radius 2 is 0.931 bits per heavy atom. The molecule has 0 rings (SSSR count). The SMILES string of the molecule is CC(C)(CO)CO.CCC(CO)(CO)CO.O=C(O)CCCCCCCC(=O)O. The van der Waals surface area contributed by atoms with Gasteiger partial charge in [0.2, 0.25) is 0 Å². The zero-order chi connectivity index (χ0) is 23.3. The average molecular weight is 427 g/mol. The van der Waals surface area contributed by atoms with E-state index in [0.29, 0.717) is 19.3 Å². The maximum absolute atomic E-state index is 10.1. The van der Waals surface area contributed by atoms with Gasteiger partial charge in [0, 0.05) is 23.7 Å². The van der Waals surface area contributed by atoms with Crippen LogP contribution in [0.2, 0.25) is 0 Å². The zero-order valence-corrected chi connectivity index (χ0v) is 18.1. The van der Waals surface area contributed by atoms with E-state index in [4.69, 9.17) is 35.7 Å². The summed E-state index contributed by atoms with van der Waals surface area (Å²) in [7, 11) is 0. The number of carbonyl (C=O) groups is 2. The van der Waals surface area contributed by atoms with E-state index < -0.39 is 17.4 Å². The third-order valence-electron chi connectivity index (χ3n) is 4.39. The fourth-order valence-electron chi connectivity index (χ4n) is 1.62. The van der Waals surface area contributed by atoms with Crippen LogP contribution in [0, 0.1) is 10.8 Å². The minimum Gasteiger partial charge on any atom is -0.481 e. The van der Waals surface area contributed by atoms with Crippen molar-refractivity contribution in [2.45, 2.75) is 72.1 Å². The highest BCUT2D eigenvalue weighted by molar-refractivity contribution is 5.66. The van der Waals surface area contributed by atoms with Crippen LogP contribution in [0.3, 0.4) is 0 Å². The fourth-order valence-corrected chi connectivity index (χ4v) is 1.62. The van der Waals surface area contributed by atoms with E-state index in [0.717, 1.165) is 19.3 Å². The van der Waals surface area contributed by atoms with Crippen LogP contribution < -0.4 is 0 Å². The van der Waals surface area contributed by atoms with Crippen molar-refractivity contribution in [1.29, 1.82) is 0 Å². The zero-order valence-electron chi connectivity index (χ0n) is 18.1. The first-order chi connectivity index (χ1) is 13.5. The molecular formula is C20H42O9. The van der Waals surface area contributed by atoms with Crippen LogP contribution in [-0.4, -0.2) is 80.7 Å². The normalized spacial score (nSPS) is 11.0. The molecule has 9 nitrogen and oxygen atoms in total. The Morgan fingerprint density at radius 1 is 0.621 bits per heavy atom. The van der Waals surface area contributed by atoms with Crippen LogP contribution in [0.15, 0.2) is 0 Å². The van der Waals surface area contributed by atoms with Crippen molar-refractivity contribution in [2.24, 2.45) is 10.8 Å². The summed E-state index contributed by atoms with van der Waals surface area (Å²) < 4.78 is 0. The van der Waals surface area contributed by atoms with Crippen LogP contribution >= 0.6 is 0 Å². The summed E-state index contributed by atoms with van der Waals surface area (Å²) in [6.45, 7) is 5.04. The number of carboxylic acids is 2. The lowest BCUT2D eigenvalue weighted by molar-refractivity contribution is -0.138. The molecule has 0 aromatic rings. The number of aliphatic carboxylic acids is 2. The van der Waals surface area contributed by atoms with E-state index in [1.165, 1.54) is 0 Å². The van der Waals surface area contributed by atoms with Crippen LogP contribution in [0.1, 0.15) is 72.1 Å². The molecule has 0 unspecified atom stereocenters. The number of hydrogen-bond donors (Lipinski definition) is 7. The Balaban J connectivity index is -0.000000370. The van der Waals surface area contributed by atoms with E-state index in [1.807, 2.05) is 6.92 Å². The van der Waals surface area contributed by atoms with E-state index in [2.05, 4.69) is 0 Å². The van der Waals surface area contributed by atoms with Gasteiger partial charge in [-0.25, -0.2) is 0 Å². The number of rotatable bonds is 14. The van der Waals surface area contributed by atoms with Crippen molar-refractivity contribution < 1.29 is 45.3 Å². The minimum atomic E-state index is -0.759. The van der Waals surface area contributed by atoms with Crippen LogP contribution in [0.25, 0.3) is 0 Å². The van der Waals surface area contributed by atoms with Gasteiger partial charge in [-0.2, -0.15) is 0 Å². The summed E-state index contributed by atoms with van der Waals surface area (Å²) in [5, 5.41) is 59.5. The van der Waals surface area contributed by atoms with Gasteiger partial charge in [-0.05, 0) is 19.3 Å². The van der Waals surface area contributed by atoms with Crippen molar-refractivity contribution in [1.82, 2.24) is 0 Å². The van der Waals surface area contributed by atoms with Crippen molar-refractivity contribution >= 4 is 11.9 Å². The quantitative estimate of drug-likeness (QED) is 0.201. The smallest absolute Gasteiger partial charge is 0.303 e. The summed E-state index contributed by atoms with van der Waals surface area (Å²) >= 11 is 0. The molecule has 0 fully saturated rings. The van der Waals surface area contributed by atoms with E-state index in [1.54, 1.807) is 13.8 Å². The Kier molecular flexibility index (Phi) is 22.4. The Labute approximate surface area is 174 Å². The van der Waals surface area contributed by atoms with Gasteiger partial charge in [-0.1, -0.05) is 40.0 Å². The van der Waals surface area contributed by atoms with Crippen LogP contribution in [-0.2, 0) is 9.59 Å². The highest BCUT2D eigenvalue weighted by atomic mass is 16.4. The molecule has 0 amide bonds. The first-order valence-corrected chi connectivity index (χ1v) is 9.97. The monoisotopic (exact) mass is 426 g/mol. The predicted octanol–water partition coefficient (Wildman–Crippen LogP) is 1.24. The molecule has 0 aromatic heterocycles. The Morgan fingerprint density at radius 3 is 1.07 bits per heavy atom. The molecule has 9 heteroatoms.